The molecule has 1 aromatic rings. The number of nitrogens with one attached hydrogen (secondary N) is 1. The van der Waals surface area contributed by atoms with Gasteiger partial charge in [-0.25, -0.2) is 4.79 Å². The molecule has 2 heterocycles. The van der Waals surface area contributed by atoms with E-state index in [9.17, 15) is 9.59 Å². The molecular weight excluding hydrogens is 256 g/mol. The second-order valence-electron chi connectivity index (χ2n) is 4.21. The Morgan fingerprint density at radius 1 is 1.44 bits per heavy atom. The summed E-state index contributed by atoms with van der Waals surface area (Å²) in [6.45, 7) is 4.72. The Hall–Kier alpha value is -1.54. The molecule has 7 nitrogen and oxygen atoms in total. The second kappa shape index (κ2) is 5.40. The summed E-state index contributed by atoms with van der Waals surface area (Å²) < 4.78 is 9.09. The monoisotopic (exact) mass is 270 g/mol. The summed E-state index contributed by atoms with van der Waals surface area (Å²) in [5.41, 5.74) is 0.155. The molecule has 1 fully saturated rings. The Morgan fingerprint density at radius 3 is 2.67 bits per heavy atom. The van der Waals surface area contributed by atoms with Crippen LogP contribution in [0.3, 0.4) is 0 Å². The van der Waals surface area contributed by atoms with Gasteiger partial charge in [0.25, 0.3) is 5.91 Å². The van der Waals surface area contributed by atoms with Crippen LogP contribution in [0.15, 0.2) is 5.38 Å². The van der Waals surface area contributed by atoms with Gasteiger partial charge in [-0.05, 0) is 25.4 Å². The number of hydrogen-bond donors (Lipinski definition) is 1. The molecular formula is C10H14N4O3S. The van der Waals surface area contributed by atoms with E-state index < -0.39 is 11.9 Å². The Kier molecular flexibility index (Phi) is 3.87. The molecule has 0 aliphatic carbocycles. The molecule has 0 aromatic carbocycles. The quantitative estimate of drug-likeness (QED) is 0.803. The van der Waals surface area contributed by atoms with Crippen LogP contribution in [0.2, 0.25) is 0 Å². The molecule has 18 heavy (non-hydrogen) atoms. The first-order chi connectivity index (χ1) is 8.56. The zero-order valence-corrected chi connectivity index (χ0v) is 10.9. The number of nitrogens with zero attached hydrogens (tertiary/aromatic N) is 3. The van der Waals surface area contributed by atoms with Crippen LogP contribution in [0.5, 0.6) is 0 Å². The summed E-state index contributed by atoms with van der Waals surface area (Å²) in [7, 11) is 0. The molecule has 2 unspecified atom stereocenters. The van der Waals surface area contributed by atoms with Gasteiger partial charge in [-0.15, -0.1) is 5.10 Å². The van der Waals surface area contributed by atoms with Gasteiger partial charge in [0.1, 0.15) is 0 Å². The van der Waals surface area contributed by atoms with Gasteiger partial charge >= 0.3 is 6.03 Å². The van der Waals surface area contributed by atoms with Crippen molar-refractivity contribution in [3.63, 3.8) is 0 Å². The van der Waals surface area contributed by atoms with Crippen LogP contribution in [0, 0.1) is 0 Å². The number of urea groups is 1. The lowest BCUT2D eigenvalue weighted by Gasteiger charge is -2.34. The lowest BCUT2D eigenvalue weighted by atomic mass is 10.2. The van der Waals surface area contributed by atoms with Gasteiger partial charge in [0.2, 0.25) is 0 Å². The van der Waals surface area contributed by atoms with Crippen LogP contribution in [-0.2, 0) is 4.74 Å². The SMILES string of the molecule is CC1CN(C(=O)NC(=O)c2csnn2)CC(C)O1. The van der Waals surface area contributed by atoms with Crippen LogP contribution in [0.1, 0.15) is 24.3 Å². The molecule has 0 bridgehead atoms. The number of ether oxygens (including phenoxy) is 1. The lowest BCUT2D eigenvalue weighted by molar-refractivity contribution is -0.0543. The highest BCUT2D eigenvalue weighted by molar-refractivity contribution is 7.03. The second-order valence-corrected chi connectivity index (χ2v) is 4.82. The number of aromatic nitrogens is 2. The molecule has 98 valence electrons. The zero-order chi connectivity index (χ0) is 13.1. The molecule has 0 saturated carbocycles. The molecule has 1 aliphatic rings. The van der Waals surface area contributed by atoms with Gasteiger partial charge in [0.05, 0.1) is 12.2 Å². The maximum atomic E-state index is 11.9. The highest BCUT2D eigenvalue weighted by atomic mass is 32.1. The predicted molar refractivity (Wildman–Crippen MR) is 64.4 cm³/mol. The Balaban J connectivity index is 1.93. The first kappa shape index (κ1) is 12.9. The molecule has 1 aromatic heterocycles. The maximum absolute atomic E-state index is 11.9. The molecule has 1 aliphatic heterocycles. The summed E-state index contributed by atoms with van der Waals surface area (Å²) >= 11 is 1.06. The molecule has 0 radical (unpaired) electrons. The highest BCUT2D eigenvalue weighted by Gasteiger charge is 2.27. The summed E-state index contributed by atoms with van der Waals surface area (Å²) in [6.07, 6.45) is -0.0638. The average molecular weight is 270 g/mol. The van der Waals surface area contributed by atoms with Gasteiger partial charge < -0.3 is 9.64 Å². The first-order valence-electron chi connectivity index (χ1n) is 5.59. The fourth-order valence-electron chi connectivity index (χ4n) is 1.85. The predicted octanol–water partition coefficient (Wildman–Crippen LogP) is 0.497. The number of hydrogen-bond acceptors (Lipinski definition) is 6. The molecule has 2 rings (SSSR count). The summed E-state index contributed by atoms with van der Waals surface area (Å²) in [5, 5.41) is 7.39. The smallest absolute Gasteiger partial charge is 0.324 e. The minimum atomic E-state index is -0.527. The van der Waals surface area contributed by atoms with E-state index in [1.165, 1.54) is 5.38 Å². The third kappa shape index (κ3) is 3.02. The Bertz CT molecular complexity index is 426. The first-order valence-corrected chi connectivity index (χ1v) is 6.42. The number of carbonyl (C=O) groups excluding carboxylic acids is 2. The van der Waals surface area contributed by atoms with Crippen molar-refractivity contribution in [2.24, 2.45) is 0 Å². The van der Waals surface area contributed by atoms with Gasteiger partial charge in [0, 0.05) is 18.5 Å². The highest BCUT2D eigenvalue weighted by Crippen LogP contribution is 2.10. The summed E-state index contributed by atoms with van der Waals surface area (Å²) in [6, 6.07) is -0.421. The van der Waals surface area contributed by atoms with E-state index in [4.69, 9.17) is 4.74 Å². The van der Waals surface area contributed by atoms with Gasteiger partial charge in [-0.2, -0.15) is 0 Å². The Morgan fingerprint density at radius 2 is 2.11 bits per heavy atom. The van der Waals surface area contributed by atoms with Crippen LogP contribution in [0.4, 0.5) is 4.79 Å². The zero-order valence-electron chi connectivity index (χ0n) is 10.1. The van der Waals surface area contributed by atoms with Crippen molar-refractivity contribution in [2.45, 2.75) is 26.1 Å². The van der Waals surface area contributed by atoms with Crippen molar-refractivity contribution in [2.75, 3.05) is 13.1 Å². The van der Waals surface area contributed by atoms with E-state index in [1.54, 1.807) is 4.90 Å². The number of carbonyl (C=O) groups is 2. The van der Waals surface area contributed by atoms with Crippen molar-refractivity contribution in [3.05, 3.63) is 11.1 Å². The van der Waals surface area contributed by atoms with Gasteiger partial charge in [-0.1, -0.05) is 4.49 Å². The van der Waals surface area contributed by atoms with E-state index in [-0.39, 0.29) is 17.9 Å². The van der Waals surface area contributed by atoms with Crippen LogP contribution >= 0.6 is 11.5 Å². The van der Waals surface area contributed by atoms with E-state index in [0.29, 0.717) is 13.1 Å². The standard InChI is InChI=1S/C10H14N4O3S/c1-6-3-14(4-7(2)17-6)10(16)11-9(15)8-5-18-13-12-8/h5-7H,3-4H2,1-2H3,(H,11,15,16). The Labute approximate surface area is 108 Å². The third-order valence-corrected chi connectivity index (χ3v) is 3.02. The minimum absolute atomic E-state index is 0.0319. The fraction of sp³-hybridized carbons (Fsp3) is 0.600. The lowest BCUT2D eigenvalue weighted by Crippen LogP contribution is -2.52. The van der Waals surface area contributed by atoms with Crippen LogP contribution in [0.25, 0.3) is 0 Å². The number of imide groups is 1. The molecule has 3 amide bonds. The van der Waals surface area contributed by atoms with Crippen LogP contribution in [-0.4, -0.2) is 51.7 Å². The van der Waals surface area contributed by atoms with E-state index in [2.05, 4.69) is 14.9 Å². The largest absolute Gasteiger partial charge is 0.372 e. The third-order valence-electron chi connectivity index (χ3n) is 2.52. The summed E-state index contributed by atoms with van der Waals surface area (Å²) in [4.78, 5) is 25.1. The fourth-order valence-corrected chi connectivity index (χ4v) is 2.28. The molecule has 1 saturated heterocycles. The van der Waals surface area contributed by atoms with E-state index in [1.807, 2.05) is 13.8 Å². The van der Waals surface area contributed by atoms with Crippen molar-refractivity contribution in [1.82, 2.24) is 19.8 Å². The number of amides is 3. The maximum Gasteiger partial charge on any atom is 0.324 e. The molecule has 2 atom stereocenters. The summed E-state index contributed by atoms with van der Waals surface area (Å²) in [5.74, 6) is -0.527. The van der Waals surface area contributed by atoms with Crippen molar-refractivity contribution in [3.8, 4) is 0 Å². The van der Waals surface area contributed by atoms with Crippen molar-refractivity contribution in [1.29, 1.82) is 0 Å². The number of rotatable bonds is 1. The normalized spacial score (nSPS) is 23.8. The van der Waals surface area contributed by atoms with E-state index >= 15 is 0 Å². The topological polar surface area (TPSA) is 84.4 Å². The molecule has 1 N–H and O–H groups in total. The molecule has 8 heteroatoms. The van der Waals surface area contributed by atoms with Crippen molar-refractivity contribution < 1.29 is 14.3 Å². The average Bonchev–Trinajstić information content (AvgIpc) is 2.80. The van der Waals surface area contributed by atoms with Gasteiger partial charge in [-0.3, -0.25) is 10.1 Å². The van der Waals surface area contributed by atoms with Crippen LogP contribution < -0.4 is 5.32 Å². The number of morpholine rings is 1. The van der Waals surface area contributed by atoms with Crippen molar-refractivity contribution >= 4 is 23.5 Å². The van der Waals surface area contributed by atoms with Gasteiger partial charge in [0.15, 0.2) is 5.69 Å². The van der Waals surface area contributed by atoms with E-state index in [0.717, 1.165) is 11.5 Å². The minimum Gasteiger partial charge on any atom is -0.372 e. The molecule has 0 spiro atoms.